The van der Waals surface area contributed by atoms with Crippen molar-refractivity contribution in [2.24, 2.45) is 5.92 Å². The molecule has 0 radical (unpaired) electrons. The fraction of sp³-hybridized carbons (Fsp3) is 0.381. The summed E-state index contributed by atoms with van der Waals surface area (Å²) < 4.78 is 17.3. The van der Waals surface area contributed by atoms with Crippen LogP contribution in [0, 0.1) is 11.7 Å². The quantitative estimate of drug-likeness (QED) is 0.392. The maximum atomic E-state index is 14.3. The molecule has 1 aliphatic rings. The van der Waals surface area contributed by atoms with Crippen molar-refractivity contribution in [3.05, 3.63) is 56.5 Å². The van der Waals surface area contributed by atoms with Crippen molar-refractivity contribution in [2.75, 3.05) is 11.5 Å². The second-order valence-electron chi connectivity index (χ2n) is 8.12. The van der Waals surface area contributed by atoms with Crippen LogP contribution >= 0.6 is 11.8 Å². The predicted molar refractivity (Wildman–Crippen MR) is 119 cm³/mol. The van der Waals surface area contributed by atoms with Crippen LogP contribution in [-0.4, -0.2) is 35.9 Å². The molecule has 3 N–H and O–H groups in total. The molecule has 4 rings (SSSR count). The van der Waals surface area contributed by atoms with Crippen molar-refractivity contribution in [1.82, 2.24) is 24.3 Å². The van der Waals surface area contributed by atoms with E-state index in [0.29, 0.717) is 16.5 Å². The van der Waals surface area contributed by atoms with E-state index in [1.165, 1.54) is 10.6 Å². The fourth-order valence-electron chi connectivity index (χ4n) is 3.47. The zero-order valence-corrected chi connectivity index (χ0v) is 18.5. The van der Waals surface area contributed by atoms with Crippen molar-refractivity contribution in [3.63, 3.8) is 0 Å². The summed E-state index contributed by atoms with van der Waals surface area (Å²) in [7, 11) is 0. The van der Waals surface area contributed by atoms with Gasteiger partial charge in [-0.1, -0.05) is 37.7 Å². The van der Waals surface area contributed by atoms with Gasteiger partial charge in [-0.2, -0.15) is 0 Å². The van der Waals surface area contributed by atoms with Gasteiger partial charge >= 0.3 is 5.69 Å². The first-order valence-electron chi connectivity index (χ1n) is 10.3. The SMILES string of the molecule is CC(C)Cn1c(N)c(C(=O)CSc2nnc(-c3ccccc3F)n2C2CC2)c(=O)[nH]c1=O. The van der Waals surface area contributed by atoms with Gasteiger partial charge in [0.2, 0.25) is 0 Å². The second kappa shape index (κ2) is 8.73. The lowest BCUT2D eigenvalue weighted by molar-refractivity contribution is 0.102. The molecule has 2 aromatic heterocycles. The van der Waals surface area contributed by atoms with Crippen LogP contribution in [0.3, 0.4) is 0 Å². The average Bonchev–Trinajstić information content (AvgIpc) is 3.49. The van der Waals surface area contributed by atoms with E-state index in [1.807, 2.05) is 18.4 Å². The molecule has 0 unspecified atom stereocenters. The Kier molecular flexibility index (Phi) is 6.00. The van der Waals surface area contributed by atoms with Gasteiger partial charge in [-0.15, -0.1) is 10.2 Å². The van der Waals surface area contributed by atoms with Gasteiger partial charge in [-0.05, 0) is 30.9 Å². The van der Waals surface area contributed by atoms with Crippen LogP contribution in [0.25, 0.3) is 11.4 Å². The lowest BCUT2D eigenvalue weighted by Crippen LogP contribution is -2.37. The van der Waals surface area contributed by atoms with Gasteiger partial charge in [0.15, 0.2) is 16.8 Å². The number of rotatable bonds is 8. The summed E-state index contributed by atoms with van der Waals surface area (Å²) in [5, 5.41) is 8.78. The molecule has 0 spiro atoms. The summed E-state index contributed by atoms with van der Waals surface area (Å²) in [5.74, 6) is -0.704. The van der Waals surface area contributed by atoms with E-state index in [0.717, 1.165) is 24.6 Å². The number of ketones is 1. The molecule has 3 aromatic rings. The van der Waals surface area contributed by atoms with E-state index in [4.69, 9.17) is 5.73 Å². The summed E-state index contributed by atoms with van der Waals surface area (Å²) in [6.45, 7) is 4.06. The average molecular weight is 459 g/mol. The van der Waals surface area contributed by atoms with Crippen LogP contribution in [0.5, 0.6) is 0 Å². The normalized spacial score (nSPS) is 13.6. The zero-order valence-electron chi connectivity index (χ0n) is 17.7. The molecule has 9 nitrogen and oxygen atoms in total. The molecule has 0 saturated heterocycles. The van der Waals surface area contributed by atoms with Crippen molar-refractivity contribution in [3.8, 4) is 11.4 Å². The molecule has 11 heteroatoms. The lowest BCUT2D eigenvalue weighted by atomic mass is 10.2. The standard InChI is InChI=1S/C21H23FN6O3S/c1-11(2)9-27-17(23)16(19(30)24-20(27)31)15(29)10-32-21-26-25-18(28(21)12-7-8-12)13-5-3-4-6-14(13)22/h3-6,11-12H,7-10,23H2,1-2H3,(H,24,30,31). The number of nitrogens with two attached hydrogens (primary N) is 1. The number of anilines is 1. The highest BCUT2D eigenvalue weighted by molar-refractivity contribution is 7.99. The molecule has 1 fully saturated rings. The highest BCUT2D eigenvalue weighted by Gasteiger charge is 2.31. The monoisotopic (exact) mass is 458 g/mol. The number of hydrogen-bond donors (Lipinski definition) is 2. The van der Waals surface area contributed by atoms with Crippen LogP contribution in [-0.2, 0) is 6.54 Å². The van der Waals surface area contributed by atoms with E-state index in [9.17, 15) is 18.8 Å². The number of halogens is 1. The first-order valence-corrected chi connectivity index (χ1v) is 11.2. The van der Waals surface area contributed by atoms with E-state index < -0.39 is 22.8 Å². The number of Topliss-reactive ketones (excluding diaryl/α,β-unsaturated/α-hetero) is 1. The molecule has 0 aliphatic heterocycles. The number of H-pyrrole nitrogens is 1. The molecular formula is C21H23FN6O3S. The Morgan fingerprint density at radius 1 is 1.28 bits per heavy atom. The summed E-state index contributed by atoms with van der Waals surface area (Å²) in [4.78, 5) is 39.5. The van der Waals surface area contributed by atoms with Crippen LogP contribution in [0.15, 0.2) is 39.0 Å². The summed E-state index contributed by atoms with van der Waals surface area (Å²) in [6, 6.07) is 6.46. The summed E-state index contributed by atoms with van der Waals surface area (Å²) in [6.07, 6.45) is 1.82. The van der Waals surface area contributed by atoms with Crippen LogP contribution in [0.4, 0.5) is 10.2 Å². The van der Waals surface area contributed by atoms with Crippen molar-refractivity contribution in [1.29, 1.82) is 0 Å². The number of aromatic nitrogens is 5. The molecule has 1 saturated carbocycles. The predicted octanol–water partition coefficient (Wildman–Crippen LogP) is 2.48. The Bertz CT molecular complexity index is 1290. The number of aromatic amines is 1. The second-order valence-corrected chi connectivity index (χ2v) is 9.07. The molecule has 32 heavy (non-hydrogen) atoms. The molecule has 2 heterocycles. The zero-order chi connectivity index (χ0) is 23.0. The van der Waals surface area contributed by atoms with Gasteiger partial charge in [0.25, 0.3) is 5.56 Å². The van der Waals surface area contributed by atoms with Crippen molar-refractivity contribution >= 4 is 23.4 Å². The van der Waals surface area contributed by atoms with Gasteiger partial charge < -0.3 is 5.73 Å². The minimum absolute atomic E-state index is 0.0899. The maximum Gasteiger partial charge on any atom is 0.329 e. The number of nitrogen functional groups attached to an aromatic ring is 1. The lowest BCUT2D eigenvalue weighted by Gasteiger charge is -2.14. The Morgan fingerprint density at radius 3 is 2.66 bits per heavy atom. The number of thioether (sulfide) groups is 1. The van der Waals surface area contributed by atoms with Crippen LogP contribution < -0.4 is 17.0 Å². The molecular weight excluding hydrogens is 435 g/mol. The minimum Gasteiger partial charge on any atom is -0.384 e. The highest BCUT2D eigenvalue weighted by Crippen LogP contribution is 2.41. The number of benzene rings is 1. The number of carbonyl (C=O) groups is 1. The first-order chi connectivity index (χ1) is 15.3. The molecule has 168 valence electrons. The van der Waals surface area contributed by atoms with Crippen molar-refractivity contribution in [2.45, 2.75) is 44.4 Å². The Labute approximate surface area is 186 Å². The van der Waals surface area contributed by atoms with Crippen molar-refractivity contribution < 1.29 is 9.18 Å². The minimum atomic E-state index is -0.811. The topological polar surface area (TPSA) is 129 Å². The smallest absolute Gasteiger partial charge is 0.329 e. The molecule has 1 aromatic carbocycles. The largest absolute Gasteiger partial charge is 0.384 e. The molecule has 0 amide bonds. The van der Waals surface area contributed by atoms with Crippen LogP contribution in [0.1, 0.15) is 43.1 Å². The van der Waals surface area contributed by atoms with E-state index >= 15 is 0 Å². The maximum absolute atomic E-state index is 14.3. The summed E-state index contributed by atoms with van der Waals surface area (Å²) >= 11 is 1.10. The highest BCUT2D eigenvalue weighted by atomic mass is 32.2. The van der Waals surface area contributed by atoms with Gasteiger partial charge in [0, 0.05) is 12.6 Å². The first kappa shape index (κ1) is 22.0. The molecule has 0 bridgehead atoms. The Hall–Kier alpha value is -3.21. The van der Waals surface area contributed by atoms with E-state index in [1.54, 1.807) is 18.2 Å². The summed E-state index contributed by atoms with van der Waals surface area (Å²) in [5.41, 5.74) is 4.66. The van der Waals surface area contributed by atoms with E-state index in [2.05, 4.69) is 15.2 Å². The van der Waals surface area contributed by atoms with E-state index in [-0.39, 0.29) is 35.6 Å². The Balaban J connectivity index is 1.62. The van der Waals surface area contributed by atoms with Gasteiger partial charge in [-0.25, -0.2) is 9.18 Å². The molecule has 1 aliphatic carbocycles. The number of nitrogens with one attached hydrogen (secondary N) is 1. The Morgan fingerprint density at radius 2 is 2.00 bits per heavy atom. The van der Waals surface area contributed by atoms with Crippen LogP contribution in [0.2, 0.25) is 0 Å². The third-order valence-corrected chi connectivity index (χ3v) is 6.03. The molecule has 0 atom stereocenters. The number of carbonyl (C=O) groups excluding carboxylic acids is 1. The third kappa shape index (κ3) is 4.24. The van der Waals surface area contributed by atoms with Gasteiger partial charge in [0.05, 0.1) is 11.3 Å². The number of hydrogen-bond acceptors (Lipinski definition) is 7. The fourth-order valence-corrected chi connectivity index (χ4v) is 4.35. The van der Waals surface area contributed by atoms with Gasteiger partial charge in [-0.3, -0.25) is 23.7 Å². The third-order valence-electron chi connectivity index (χ3n) is 5.09. The van der Waals surface area contributed by atoms with Gasteiger partial charge in [0.1, 0.15) is 17.2 Å². The number of nitrogens with zero attached hydrogens (tertiary/aromatic N) is 4.